The Bertz CT molecular complexity index is 844. The number of amides is 2. The lowest BCUT2D eigenvalue weighted by atomic mass is 10.2. The number of carbonyl (C=O) groups excluding carboxylic acids is 2. The fourth-order valence-corrected chi connectivity index (χ4v) is 4.76. The summed E-state index contributed by atoms with van der Waals surface area (Å²) in [6, 6.07) is 5.52. The van der Waals surface area contributed by atoms with Crippen molar-refractivity contribution < 1.29 is 22.7 Å². The van der Waals surface area contributed by atoms with Gasteiger partial charge in [0.2, 0.25) is 15.9 Å². The molecule has 0 spiro atoms. The van der Waals surface area contributed by atoms with Gasteiger partial charge in [0, 0.05) is 25.3 Å². The summed E-state index contributed by atoms with van der Waals surface area (Å²) in [5, 5.41) is 2.75. The number of benzene rings is 1. The molecular weight excluding hydrogens is 394 g/mol. The maximum Gasteiger partial charge on any atom is 0.410 e. The lowest BCUT2D eigenvalue weighted by Crippen LogP contribution is -2.45. The average molecular weight is 426 g/mol. The van der Waals surface area contributed by atoms with Crippen LogP contribution in [0.4, 0.5) is 10.5 Å². The number of nitrogens with one attached hydrogen (secondary N) is 1. The Morgan fingerprint density at radius 3 is 2.48 bits per heavy atom. The third-order valence-corrected chi connectivity index (χ3v) is 6.67. The van der Waals surface area contributed by atoms with E-state index in [1.807, 2.05) is 0 Å². The fourth-order valence-electron chi connectivity index (χ4n) is 3.25. The van der Waals surface area contributed by atoms with Gasteiger partial charge >= 0.3 is 6.09 Å². The molecular formula is C20H31N3O5S. The van der Waals surface area contributed by atoms with Crippen LogP contribution in [0.25, 0.3) is 0 Å². The molecule has 0 aromatic heterocycles. The van der Waals surface area contributed by atoms with E-state index in [1.54, 1.807) is 46.8 Å². The van der Waals surface area contributed by atoms with Gasteiger partial charge in [-0.3, -0.25) is 9.69 Å². The molecule has 1 heterocycles. The van der Waals surface area contributed by atoms with Crippen LogP contribution in [-0.2, 0) is 19.6 Å². The van der Waals surface area contributed by atoms with Crippen molar-refractivity contribution in [1.82, 2.24) is 9.21 Å². The van der Waals surface area contributed by atoms with Crippen molar-refractivity contribution in [2.24, 2.45) is 0 Å². The molecule has 1 aliphatic rings. The van der Waals surface area contributed by atoms with Crippen molar-refractivity contribution in [3.05, 3.63) is 24.3 Å². The van der Waals surface area contributed by atoms with E-state index in [-0.39, 0.29) is 10.8 Å². The minimum atomic E-state index is -3.63. The van der Waals surface area contributed by atoms with E-state index >= 15 is 0 Å². The third kappa shape index (κ3) is 5.70. The van der Waals surface area contributed by atoms with Gasteiger partial charge in [0.05, 0.1) is 4.90 Å². The number of likely N-dealkylation sites (tertiary alicyclic amines) is 1. The maximum absolute atomic E-state index is 12.8. The highest BCUT2D eigenvalue weighted by atomic mass is 32.2. The number of hydrogen-bond donors (Lipinski definition) is 1. The number of nitrogens with zero attached hydrogens (tertiary/aromatic N) is 2. The van der Waals surface area contributed by atoms with Crippen molar-refractivity contribution in [2.75, 3.05) is 25.0 Å². The van der Waals surface area contributed by atoms with Crippen molar-refractivity contribution >= 4 is 27.7 Å². The third-order valence-electron chi connectivity index (χ3n) is 4.63. The van der Waals surface area contributed by atoms with Crippen molar-refractivity contribution in [3.8, 4) is 0 Å². The summed E-state index contributed by atoms with van der Waals surface area (Å²) < 4.78 is 32.2. The fraction of sp³-hybridized carbons (Fsp3) is 0.600. The summed E-state index contributed by atoms with van der Waals surface area (Å²) in [6.45, 7) is 10.1. The minimum Gasteiger partial charge on any atom is -0.444 e. The van der Waals surface area contributed by atoms with E-state index in [0.29, 0.717) is 38.2 Å². The van der Waals surface area contributed by atoms with E-state index < -0.39 is 27.8 Å². The highest BCUT2D eigenvalue weighted by molar-refractivity contribution is 7.89. The number of rotatable bonds is 6. The van der Waals surface area contributed by atoms with E-state index in [4.69, 9.17) is 4.74 Å². The first-order valence-electron chi connectivity index (χ1n) is 9.90. The number of sulfonamides is 1. The molecule has 2 rings (SSSR count). The van der Waals surface area contributed by atoms with Crippen LogP contribution in [0.2, 0.25) is 0 Å². The monoisotopic (exact) mass is 425 g/mol. The van der Waals surface area contributed by atoms with Gasteiger partial charge in [-0.05, 0) is 51.8 Å². The molecule has 9 heteroatoms. The first kappa shape index (κ1) is 23.2. The van der Waals surface area contributed by atoms with E-state index in [0.717, 1.165) is 0 Å². The molecule has 0 aliphatic carbocycles. The van der Waals surface area contributed by atoms with Gasteiger partial charge in [-0.15, -0.1) is 0 Å². The molecule has 1 aromatic rings. The molecule has 0 saturated carbocycles. The lowest BCUT2D eigenvalue weighted by molar-refractivity contribution is -0.120. The second kappa shape index (κ2) is 9.13. The Kier molecular flexibility index (Phi) is 7.29. The van der Waals surface area contributed by atoms with Gasteiger partial charge in [-0.25, -0.2) is 13.2 Å². The molecule has 1 aliphatic heterocycles. The SMILES string of the molecule is CCN(CC)S(=O)(=O)c1cccc(NC(=O)[C@@H]2CCCN2C(=O)OC(C)(C)C)c1. The Labute approximate surface area is 173 Å². The second-order valence-corrected chi connectivity index (χ2v) is 9.88. The Morgan fingerprint density at radius 1 is 1.24 bits per heavy atom. The molecule has 1 saturated heterocycles. The minimum absolute atomic E-state index is 0.120. The van der Waals surface area contributed by atoms with E-state index in [2.05, 4.69) is 5.32 Å². The van der Waals surface area contributed by atoms with Crippen LogP contribution < -0.4 is 5.32 Å². The molecule has 0 unspecified atom stereocenters. The van der Waals surface area contributed by atoms with Crippen LogP contribution in [0.5, 0.6) is 0 Å². The molecule has 1 N–H and O–H groups in total. The summed E-state index contributed by atoms with van der Waals surface area (Å²) in [5.74, 6) is -0.356. The van der Waals surface area contributed by atoms with Gasteiger partial charge in [-0.2, -0.15) is 4.31 Å². The van der Waals surface area contributed by atoms with Gasteiger partial charge in [-0.1, -0.05) is 19.9 Å². The molecule has 1 fully saturated rings. The molecule has 1 aromatic carbocycles. The van der Waals surface area contributed by atoms with Crippen LogP contribution in [0, 0.1) is 0 Å². The van der Waals surface area contributed by atoms with Gasteiger partial charge in [0.1, 0.15) is 11.6 Å². The molecule has 2 amide bonds. The number of hydrogen-bond acceptors (Lipinski definition) is 5. The molecule has 0 bridgehead atoms. The highest BCUT2D eigenvalue weighted by Crippen LogP contribution is 2.24. The van der Waals surface area contributed by atoms with Gasteiger partial charge in [0.15, 0.2) is 0 Å². The first-order valence-corrected chi connectivity index (χ1v) is 11.3. The molecule has 29 heavy (non-hydrogen) atoms. The molecule has 0 radical (unpaired) electrons. The number of carbonyl (C=O) groups is 2. The summed E-state index contributed by atoms with van der Waals surface area (Å²) >= 11 is 0. The van der Waals surface area contributed by atoms with Crippen molar-refractivity contribution in [1.29, 1.82) is 0 Å². The van der Waals surface area contributed by atoms with Crippen LogP contribution in [-0.4, -0.2) is 60.9 Å². The van der Waals surface area contributed by atoms with Gasteiger partial charge in [0.25, 0.3) is 0 Å². The summed E-state index contributed by atoms with van der Waals surface area (Å²) in [5.41, 5.74) is -0.271. The van der Waals surface area contributed by atoms with Crippen LogP contribution in [0.15, 0.2) is 29.2 Å². The zero-order chi connectivity index (χ0) is 21.8. The second-order valence-electron chi connectivity index (χ2n) is 7.94. The topological polar surface area (TPSA) is 96.0 Å². The highest BCUT2D eigenvalue weighted by Gasteiger charge is 2.36. The van der Waals surface area contributed by atoms with Gasteiger partial charge < -0.3 is 10.1 Å². The largest absolute Gasteiger partial charge is 0.444 e. The predicted molar refractivity (Wildman–Crippen MR) is 111 cm³/mol. The molecule has 8 nitrogen and oxygen atoms in total. The van der Waals surface area contributed by atoms with Crippen molar-refractivity contribution in [2.45, 2.75) is 64.0 Å². The standard InChI is InChI=1S/C20H31N3O5S/c1-6-22(7-2)29(26,27)16-11-8-10-15(14-16)21-18(24)17-12-9-13-23(17)19(25)28-20(3,4)5/h8,10-11,14,17H,6-7,9,12-13H2,1-5H3,(H,21,24)/t17-/m0/s1. The van der Waals surface area contributed by atoms with Crippen LogP contribution in [0.1, 0.15) is 47.5 Å². The summed E-state index contributed by atoms with van der Waals surface area (Å²) in [7, 11) is -3.63. The normalized spacial score (nSPS) is 17.4. The van der Waals surface area contributed by atoms with Crippen LogP contribution >= 0.6 is 0 Å². The smallest absolute Gasteiger partial charge is 0.410 e. The maximum atomic E-state index is 12.8. The predicted octanol–water partition coefficient (Wildman–Crippen LogP) is 3.06. The first-order chi connectivity index (χ1) is 13.5. The quantitative estimate of drug-likeness (QED) is 0.756. The van der Waals surface area contributed by atoms with Crippen LogP contribution in [0.3, 0.4) is 0 Å². The lowest BCUT2D eigenvalue weighted by Gasteiger charge is -2.28. The zero-order valence-corrected chi connectivity index (χ0v) is 18.6. The summed E-state index contributed by atoms with van der Waals surface area (Å²) in [4.78, 5) is 26.7. The average Bonchev–Trinajstić information content (AvgIpc) is 3.11. The number of ether oxygens (including phenoxy) is 1. The van der Waals surface area contributed by atoms with Crippen molar-refractivity contribution in [3.63, 3.8) is 0 Å². The number of anilines is 1. The Morgan fingerprint density at radius 2 is 1.90 bits per heavy atom. The van der Waals surface area contributed by atoms with E-state index in [9.17, 15) is 18.0 Å². The zero-order valence-electron chi connectivity index (χ0n) is 17.8. The molecule has 1 atom stereocenters. The van der Waals surface area contributed by atoms with E-state index in [1.165, 1.54) is 21.3 Å². The summed E-state index contributed by atoms with van der Waals surface area (Å²) in [6.07, 6.45) is 0.712. The Hall–Kier alpha value is -2.13. The Balaban J connectivity index is 2.16. The molecule has 162 valence electrons.